The predicted octanol–water partition coefficient (Wildman–Crippen LogP) is 5.87. The second-order valence-electron chi connectivity index (χ2n) is 7.09. The lowest BCUT2D eigenvalue weighted by molar-refractivity contribution is -0.698. The molecule has 0 saturated carbocycles. The third-order valence-electron chi connectivity index (χ3n) is 4.66. The van der Waals surface area contributed by atoms with Gasteiger partial charge in [0.15, 0.2) is 11.5 Å². The van der Waals surface area contributed by atoms with E-state index in [1.54, 1.807) is 12.4 Å². The van der Waals surface area contributed by atoms with Crippen molar-refractivity contribution in [2.24, 2.45) is 0 Å². The van der Waals surface area contributed by atoms with Crippen LogP contribution < -0.4 is 4.57 Å². The maximum Gasteiger partial charge on any atom is 0.211 e. The van der Waals surface area contributed by atoms with E-state index < -0.39 is 0 Å². The fraction of sp³-hybridized carbons (Fsp3) is 0.762. The SMILES string of the molecule is CCCCCCCCCCCCCCCC[n+]1cc(O)cc(O)c1. The van der Waals surface area contributed by atoms with E-state index >= 15 is 0 Å². The van der Waals surface area contributed by atoms with Crippen LogP contribution in [-0.4, -0.2) is 10.2 Å². The zero-order valence-corrected chi connectivity index (χ0v) is 15.7. The van der Waals surface area contributed by atoms with Crippen LogP contribution in [0.2, 0.25) is 0 Å². The summed E-state index contributed by atoms with van der Waals surface area (Å²) in [5.41, 5.74) is 0. The van der Waals surface area contributed by atoms with E-state index in [0.29, 0.717) is 0 Å². The predicted molar refractivity (Wildman–Crippen MR) is 100 cm³/mol. The highest BCUT2D eigenvalue weighted by Crippen LogP contribution is 2.14. The van der Waals surface area contributed by atoms with Crippen LogP contribution in [0.15, 0.2) is 18.5 Å². The molecule has 0 aromatic carbocycles. The van der Waals surface area contributed by atoms with E-state index in [1.807, 2.05) is 4.57 Å². The lowest BCUT2D eigenvalue weighted by Crippen LogP contribution is -2.32. The normalized spacial score (nSPS) is 11.0. The molecular weight excluding hydrogens is 298 g/mol. The second-order valence-corrected chi connectivity index (χ2v) is 7.09. The Hall–Kier alpha value is -1.25. The van der Waals surface area contributed by atoms with Crippen molar-refractivity contribution in [2.75, 3.05) is 0 Å². The third-order valence-corrected chi connectivity index (χ3v) is 4.66. The molecule has 1 aromatic heterocycles. The van der Waals surface area contributed by atoms with Crippen molar-refractivity contribution in [3.8, 4) is 11.5 Å². The number of aromatic nitrogens is 1. The molecule has 0 bridgehead atoms. The zero-order valence-electron chi connectivity index (χ0n) is 15.7. The van der Waals surface area contributed by atoms with Gasteiger partial charge in [0.1, 0.15) is 6.54 Å². The van der Waals surface area contributed by atoms with Crippen molar-refractivity contribution >= 4 is 0 Å². The molecule has 0 unspecified atom stereocenters. The van der Waals surface area contributed by atoms with E-state index in [2.05, 4.69) is 6.92 Å². The average molecular weight is 337 g/mol. The highest BCUT2D eigenvalue weighted by atomic mass is 16.3. The standard InChI is InChI=1S/C21H37NO2/c1-2-3-4-5-6-7-8-9-10-11-12-13-14-15-16-22-18-20(23)17-21(24)19-22/h17-19H,2-16H2,1H3,(H-,23,24)/p+1. The first-order valence-electron chi connectivity index (χ1n) is 10.1. The van der Waals surface area contributed by atoms with E-state index in [-0.39, 0.29) is 11.5 Å². The quantitative estimate of drug-likeness (QED) is 0.311. The van der Waals surface area contributed by atoms with E-state index in [9.17, 15) is 10.2 Å². The van der Waals surface area contributed by atoms with Crippen LogP contribution in [0.5, 0.6) is 11.5 Å². The third kappa shape index (κ3) is 11.3. The molecule has 138 valence electrons. The maximum absolute atomic E-state index is 9.43. The summed E-state index contributed by atoms with van der Waals surface area (Å²) >= 11 is 0. The Morgan fingerprint density at radius 2 is 1.00 bits per heavy atom. The smallest absolute Gasteiger partial charge is 0.211 e. The number of pyridine rings is 1. The van der Waals surface area contributed by atoms with Crippen LogP contribution in [-0.2, 0) is 6.54 Å². The number of hydrogen-bond acceptors (Lipinski definition) is 2. The number of unbranched alkanes of at least 4 members (excludes halogenated alkanes) is 13. The number of rotatable bonds is 15. The molecule has 1 aromatic rings. The van der Waals surface area contributed by atoms with E-state index in [4.69, 9.17) is 0 Å². The Morgan fingerprint density at radius 1 is 0.625 bits per heavy atom. The Morgan fingerprint density at radius 3 is 1.42 bits per heavy atom. The second kappa shape index (κ2) is 14.1. The number of aryl methyl sites for hydroxylation is 1. The molecule has 3 heteroatoms. The topological polar surface area (TPSA) is 44.3 Å². The molecule has 24 heavy (non-hydrogen) atoms. The van der Waals surface area contributed by atoms with Crippen molar-refractivity contribution in [2.45, 2.75) is 103 Å². The summed E-state index contributed by atoms with van der Waals surface area (Å²) in [4.78, 5) is 0. The van der Waals surface area contributed by atoms with Gasteiger partial charge >= 0.3 is 0 Å². The van der Waals surface area contributed by atoms with Gasteiger partial charge in [0.25, 0.3) is 0 Å². The fourth-order valence-corrected chi connectivity index (χ4v) is 3.22. The van der Waals surface area contributed by atoms with Crippen LogP contribution in [0.25, 0.3) is 0 Å². The Labute approximate surface area is 148 Å². The lowest BCUT2D eigenvalue weighted by Gasteiger charge is -2.03. The molecule has 0 spiro atoms. The van der Waals surface area contributed by atoms with Crippen molar-refractivity contribution in [1.82, 2.24) is 0 Å². The monoisotopic (exact) mass is 336 g/mol. The van der Waals surface area contributed by atoms with Gasteiger partial charge in [-0.25, -0.2) is 0 Å². The summed E-state index contributed by atoms with van der Waals surface area (Å²) in [7, 11) is 0. The summed E-state index contributed by atoms with van der Waals surface area (Å²) in [6, 6.07) is 1.36. The summed E-state index contributed by atoms with van der Waals surface area (Å²) in [5, 5.41) is 18.9. The van der Waals surface area contributed by atoms with Crippen LogP contribution in [0.3, 0.4) is 0 Å². The minimum Gasteiger partial charge on any atom is -0.503 e. The van der Waals surface area contributed by atoms with Gasteiger partial charge < -0.3 is 10.2 Å². The van der Waals surface area contributed by atoms with E-state index in [0.717, 1.165) is 13.0 Å². The minimum absolute atomic E-state index is 0.125. The van der Waals surface area contributed by atoms with Gasteiger partial charge in [0.2, 0.25) is 12.4 Å². The van der Waals surface area contributed by atoms with Crippen molar-refractivity contribution in [3.05, 3.63) is 18.5 Å². The Kier molecular flexibility index (Phi) is 12.2. The minimum atomic E-state index is 0.125. The van der Waals surface area contributed by atoms with Gasteiger partial charge in [-0.05, 0) is 6.42 Å². The summed E-state index contributed by atoms with van der Waals surface area (Å²) in [6.45, 7) is 3.14. The lowest BCUT2D eigenvalue weighted by atomic mass is 10.0. The number of hydrogen-bond donors (Lipinski definition) is 2. The highest BCUT2D eigenvalue weighted by molar-refractivity contribution is 5.22. The highest BCUT2D eigenvalue weighted by Gasteiger charge is 2.05. The largest absolute Gasteiger partial charge is 0.503 e. The Balaban J connectivity index is 1.84. The van der Waals surface area contributed by atoms with Crippen LogP contribution >= 0.6 is 0 Å². The molecule has 1 rings (SSSR count). The fourth-order valence-electron chi connectivity index (χ4n) is 3.22. The molecule has 0 amide bonds. The first-order valence-corrected chi connectivity index (χ1v) is 10.1. The average Bonchev–Trinajstić information content (AvgIpc) is 2.54. The summed E-state index contributed by atoms with van der Waals surface area (Å²) < 4.78 is 1.87. The van der Waals surface area contributed by atoms with Gasteiger partial charge in [-0.2, -0.15) is 4.57 Å². The van der Waals surface area contributed by atoms with Crippen LogP contribution in [0.1, 0.15) is 96.8 Å². The number of aromatic hydroxyl groups is 2. The van der Waals surface area contributed by atoms with Gasteiger partial charge in [0, 0.05) is 12.5 Å². The molecule has 0 radical (unpaired) electrons. The maximum atomic E-state index is 9.43. The molecule has 0 aliphatic heterocycles. The molecule has 2 N–H and O–H groups in total. The Bertz CT molecular complexity index is 400. The molecule has 0 atom stereocenters. The molecule has 1 heterocycles. The summed E-state index contributed by atoms with van der Waals surface area (Å²) in [5.74, 6) is 0.251. The molecular formula is C21H38NO2+. The molecule has 3 nitrogen and oxygen atoms in total. The molecule has 0 aliphatic carbocycles. The molecule has 0 fully saturated rings. The van der Waals surface area contributed by atoms with Crippen LogP contribution in [0.4, 0.5) is 0 Å². The first-order chi connectivity index (χ1) is 11.7. The molecule has 0 saturated heterocycles. The number of nitrogens with zero attached hydrogens (tertiary/aromatic N) is 1. The zero-order chi connectivity index (χ0) is 17.5. The first kappa shape index (κ1) is 20.8. The van der Waals surface area contributed by atoms with Crippen LogP contribution in [0, 0.1) is 0 Å². The van der Waals surface area contributed by atoms with Gasteiger partial charge in [-0.15, -0.1) is 0 Å². The van der Waals surface area contributed by atoms with Gasteiger partial charge in [-0.3, -0.25) is 0 Å². The van der Waals surface area contributed by atoms with Crippen molar-refractivity contribution in [3.63, 3.8) is 0 Å². The van der Waals surface area contributed by atoms with Crippen molar-refractivity contribution < 1.29 is 14.8 Å². The molecule has 0 aliphatic rings. The van der Waals surface area contributed by atoms with E-state index in [1.165, 1.54) is 89.5 Å². The van der Waals surface area contributed by atoms with Gasteiger partial charge in [-0.1, -0.05) is 84.0 Å². The van der Waals surface area contributed by atoms with Crippen molar-refractivity contribution in [1.29, 1.82) is 0 Å². The summed E-state index contributed by atoms with van der Waals surface area (Å²) in [6.07, 6.45) is 22.4. The van der Waals surface area contributed by atoms with Gasteiger partial charge in [0.05, 0.1) is 0 Å².